The highest BCUT2D eigenvalue weighted by Gasteiger charge is 2.20. The van der Waals surface area contributed by atoms with E-state index in [0.29, 0.717) is 22.7 Å². The van der Waals surface area contributed by atoms with Crippen molar-refractivity contribution in [2.24, 2.45) is 0 Å². The molecule has 35 heavy (non-hydrogen) atoms. The molecule has 0 aliphatic carbocycles. The number of thiocarbonyl (C=S) groups is 1. The van der Waals surface area contributed by atoms with Gasteiger partial charge in [-0.2, -0.15) is 0 Å². The summed E-state index contributed by atoms with van der Waals surface area (Å²) in [6.45, 7) is 0. The molecule has 3 aromatic carbocycles. The zero-order valence-electron chi connectivity index (χ0n) is 18.2. The second-order valence-electron chi connectivity index (χ2n) is 7.20. The van der Waals surface area contributed by atoms with Gasteiger partial charge in [-0.25, -0.2) is 0 Å². The lowest BCUT2D eigenvalue weighted by Crippen LogP contribution is -2.34. The highest BCUT2D eigenvalue weighted by Crippen LogP contribution is 2.29. The smallest absolute Gasteiger partial charge is 0.291 e. The van der Waals surface area contributed by atoms with Gasteiger partial charge in [-0.05, 0) is 42.5 Å². The predicted molar refractivity (Wildman–Crippen MR) is 134 cm³/mol. The molecule has 3 N–H and O–H groups in total. The summed E-state index contributed by atoms with van der Waals surface area (Å²) in [6, 6.07) is 19.2. The molecular formula is C24H18N4O6S. The van der Waals surface area contributed by atoms with Crippen LogP contribution in [0.3, 0.4) is 0 Å². The second-order valence-corrected chi connectivity index (χ2v) is 7.61. The Bertz CT molecular complexity index is 1430. The Kier molecular flexibility index (Phi) is 6.69. The maximum Gasteiger partial charge on any atom is 0.291 e. The van der Waals surface area contributed by atoms with Crippen LogP contribution in [-0.4, -0.2) is 29.0 Å². The summed E-state index contributed by atoms with van der Waals surface area (Å²) in [4.78, 5) is 35.6. The van der Waals surface area contributed by atoms with E-state index in [0.717, 1.165) is 5.39 Å². The van der Waals surface area contributed by atoms with Gasteiger partial charge in [-0.3, -0.25) is 25.0 Å². The number of nitro groups is 1. The summed E-state index contributed by atoms with van der Waals surface area (Å²) in [6.07, 6.45) is 0. The molecule has 0 bridgehead atoms. The maximum absolute atomic E-state index is 12.7. The number of hydrogen-bond donors (Lipinski definition) is 3. The molecule has 2 amide bonds. The molecule has 0 aliphatic heterocycles. The fourth-order valence-electron chi connectivity index (χ4n) is 3.31. The van der Waals surface area contributed by atoms with Crippen molar-refractivity contribution >= 4 is 57.2 Å². The normalized spacial score (nSPS) is 10.4. The Labute approximate surface area is 204 Å². The molecule has 176 valence electrons. The SMILES string of the molecule is COc1cc(NC(=S)NC(=O)c2ccccc2[N+](=O)[O-])ccc1NC(=O)c1cc2ccccc2o1. The molecule has 0 aliphatic rings. The molecular weight excluding hydrogens is 472 g/mol. The molecule has 0 saturated heterocycles. The van der Waals surface area contributed by atoms with Gasteiger partial charge in [0.15, 0.2) is 10.9 Å². The number of nitrogens with zero attached hydrogens (tertiary/aromatic N) is 1. The molecule has 4 aromatic rings. The van der Waals surface area contributed by atoms with E-state index in [1.54, 1.807) is 30.3 Å². The number of ether oxygens (including phenoxy) is 1. The Morgan fingerprint density at radius 2 is 1.71 bits per heavy atom. The molecule has 0 fully saturated rings. The van der Waals surface area contributed by atoms with Crippen LogP contribution in [0.4, 0.5) is 17.1 Å². The molecule has 0 atom stereocenters. The average molecular weight is 490 g/mol. The number of hydrogen-bond acceptors (Lipinski definition) is 7. The van der Waals surface area contributed by atoms with Crippen LogP contribution in [0.15, 0.2) is 77.2 Å². The van der Waals surface area contributed by atoms with Crippen LogP contribution < -0.4 is 20.7 Å². The van der Waals surface area contributed by atoms with Crippen molar-refractivity contribution in [3.05, 3.63) is 94.2 Å². The second kappa shape index (κ2) is 10.0. The van der Waals surface area contributed by atoms with Gasteiger partial charge in [0.05, 0.1) is 17.7 Å². The van der Waals surface area contributed by atoms with Crippen molar-refractivity contribution in [1.82, 2.24) is 5.32 Å². The minimum absolute atomic E-state index is 0.0748. The van der Waals surface area contributed by atoms with Crippen molar-refractivity contribution in [3.8, 4) is 5.75 Å². The van der Waals surface area contributed by atoms with Gasteiger partial charge in [-0.1, -0.05) is 30.3 Å². The lowest BCUT2D eigenvalue weighted by Gasteiger charge is -2.13. The van der Waals surface area contributed by atoms with Gasteiger partial charge in [0.1, 0.15) is 16.9 Å². The van der Waals surface area contributed by atoms with Gasteiger partial charge in [-0.15, -0.1) is 0 Å². The van der Waals surface area contributed by atoms with E-state index in [1.165, 1.54) is 31.4 Å². The molecule has 0 spiro atoms. The monoisotopic (exact) mass is 490 g/mol. The lowest BCUT2D eigenvalue weighted by molar-refractivity contribution is -0.385. The first-order chi connectivity index (χ1) is 16.9. The van der Waals surface area contributed by atoms with Crippen molar-refractivity contribution in [2.75, 3.05) is 17.7 Å². The lowest BCUT2D eigenvalue weighted by atomic mass is 10.1. The van der Waals surface area contributed by atoms with Crippen LogP contribution in [-0.2, 0) is 0 Å². The molecule has 0 radical (unpaired) electrons. The van der Waals surface area contributed by atoms with Gasteiger partial charge >= 0.3 is 0 Å². The summed E-state index contributed by atoms with van der Waals surface area (Å²) in [5.74, 6) is -0.703. The average Bonchev–Trinajstić information content (AvgIpc) is 3.29. The van der Waals surface area contributed by atoms with E-state index >= 15 is 0 Å². The Hall–Kier alpha value is -4.77. The van der Waals surface area contributed by atoms with E-state index in [-0.39, 0.29) is 22.1 Å². The standard InChI is InChI=1S/C24H18N4O6S/c1-33-20-13-15(25-24(35)27-22(29)16-7-3-4-8-18(16)28(31)32)10-11-17(20)26-23(30)21-12-14-6-2-5-9-19(14)34-21/h2-13H,1H3,(H,26,30)(H2,25,27,29,35). The topological polar surface area (TPSA) is 136 Å². The van der Waals surface area contributed by atoms with Crippen LogP contribution in [0.5, 0.6) is 5.75 Å². The number of nitrogens with one attached hydrogen (secondary N) is 3. The Morgan fingerprint density at radius 1 is 0.971 bits per heavy atom. The molecule has 1 aromatic heterocycles. The van der Waals surface area contributed by atoms with Gasteiger partial charge < -0.3 is 19.8 Å². The van der Waals surface area contributed by atoms with Crippen molar-refractivity contribution < 1.29 is 23.7 Å². The molecule has 0 saturated carbocycles. The first-order valence-corrected chi connectivity index (χ1v) is 10.6. The zero-order chi connectivity index (χ0) is 24.9. The quantitative estimate of drug-likeness (QED) is 0.201. The number of benzene rings is 3. The fraction of sp³-hybridized carbons (Fsp3) is 0.0417. The first kappa shape index (κ1) is 23.4. The molecule has 10 nitrogen and oxygen atoms in total. The van der Waals surface area contributed by atoms with Crippen LogP contribution >= 0.6 is 12.2 Å². The van der Waals surface area contributed by atoms with Crippen molar-refractivity contribution in [2.45, 2.75) is 0 Å². The third-order valence-electron chi connectivity index (χ3n) is 4.93. The minimum Gasteiger partial charge on any atom is -0.494 e. The van der Waals surface area contributed by atoms with E-state index in [4.69, 9.17) is 21.4 Å². The number of rotatable bonds is 6. The number of anilines is 2. The number of carbonyl (C=O) groups excluding carboxylic acids is 2. The highest BCUT2D eigenvalue weighted by atomic mass is 32.1. The minimum atomic E-state index is -0.725. The van der Waals surface area contributed by atoms with E-state index < -0.39 is 16.7 Å². The largest absolute Gasteiger partial charge is 0.494 e. The van der Waals surface area contributed by atoms with Crippen LogP contribution in [0.1, 0.15) is 20.9 Å². The predicted octanol–water partition coefficient (Wildman–Crippen LogP) is 4.73. The highest BCUT2D eigenvalue weighted by molar-refractivity contribution is 7.80. The number of para-hydroxylation sites is 2. The number of furan rings is 1. The number of carbonyl (C=O) groups is 2. The van der Waals surface area contributed by atoms with Crippen LogP contribution in [0, 0.1) is 10.1 Å². The molecule has 0 unspecified atom stereocenters. The summed E-state index contributed by atoms with van der Waals surface area (Å²) in [5.41, 5.74) is 0.984. The summed E-state index contributed by atoms with van der Waals surface area (Å²) >= 11 is 5.16. The molecule has 4 rings (SSSR count). The summed E-state index contributed by atoms with van der Waals surface area (Å²) in [7, 11) is 1.44. The van der Waals surface area contributed by atoms with E-state index in [9.17, 15) is 19.7 Å². The van der Waals surface area contributed by atoms with Gasteiger partial charge in [0.2, 0.25) is 0 Å². The number of nitro benzene ring substituents is 1. The van der Waals surface area contributed by atoms with Gasteiger partial charge in [0, 0.05) is 23.2 Å². The fourth-order valence-corrected chi connectivity index (χ4v) is 3.52. The third kappa shape index (κ3) is 5.25. The first-order valence-electron chi connectivity index (χ1n) is 10.2. The molecule has 1 heterocycles. The summed E-state index contributed by atoms with van der Waals surface area (Å²) in [5, 5.41) is 19.8. The number of amides is 2. The molecule has 11 heteroatoms. The zero-order valence-corrected chi connectivity index (χ0v) is 19.0. The van der Waals surface area contributed by atoms with Crippen LogP contribution in [0.2, 0.25) is 0 Å². The number of methoxy groups -OCH3 is 1. The van der Waals surface area contributed by atoms with Crippen LogP contribution in [0.25, 0.3) is 11.0 Å². The van der Waals surface area contributed by atoms with E-state index in [2.05, 4.69) is 16.0 Å². The van der Waals surface area contributed by atoms with E-state index in [1.807, 2.05) is 18.2 Å². The Balaban J connectivity index is 1.44. The van der Waals surface area contributed by atoms with Crippen molar-refractivity contribution in [3.63, 3.8) is 0 Å². The maximum atomic E-state index is 12.7. The summed E-state index contributed by atoms with van der Waals surface area (Å²) < 4.78 is 10.9. The Morgan fingerprint density at radius 3 is 2.46 bits per heavy atom. The third-order valence-corrected chi connectivity index (χ3v) is 5.13. The van der Waals surface area contributed by atoms with Gasteiger partial charge in [0.25, 0.3) is 17.5 Å². The number of fused-ring (bicyclic) bond motifs is 1. The van der Waals surface area contributed by atoms with Crippen molar-refractivity contribution in [1.29, 1.82) is 0 Å².